The van der Waals surface area contributed by atoms with Crippen molar-refractivity contribution in [2.75, 3.05) is 12.3 Å². The van der Waals surface area contributed by atoms with Crippen LogP contribution in [-0.2, 0) is 16.0 Å². The van der Waals surface area contributed by atoms with Gasteiger partial charge >= 0.3 is 5.97 Å². The third-order valence-corrected chi connectivity index (χ3v) is 2.28. The molecule has 1 atom stereocenters. The van der Waals surface area contributed by atoms with Crippen molar-refractivity contribution < 1.29 is 19.6 Å². The summed E-state index contributed by atoms with van der Waals surface area (Å²) in [6.45, 7) is 1.79. The van der Waals surface area contributed by atoms with Crippen LogP contribution in [0.5, 0.6) is 0 Å². The topological polar surface area (TPSA) is 116 Å². The minimum Gasteiger partial charge on any atom is -0.464 e. The molecule has 3 N–H and O–H groups in total. The molecule has 0 aliphatic carbocycles. The van der Waals surface area contributed by atoms with Gasteiger partial charge in [-0.15, -0.1) is 0 Å². The highest BCUT2D eigenvalue weighted by Gasteiger charge is 2.19. The van der Waals surface area contributed by atoms with Crippen molar-refractivity contribution in [3.8, 4) is 0 Å². The van der Waals surface area contributed by atoms with Crippen LogP contribution in [0.2, 0.25) is 0 Å². The van der Waals surface area contributed by atoms with Gasteiger partial charge in [-0.05, 0) is 18.6 Å². The standard InChI is InChI=1S/C11H14N2O5/c1-2-18-11(15)10(14)6-7-3-4-8(12)9(5-7)13(16)17/h3-5,10,14H,2,6,12H2,1H3/t10-/m1/s1. The van der Waals surface area contributed by atoms with Crippen molar-refractivity contribution in [1.82, 2.24) is 0 Å². The molecule has 7 nitrogen and oxygen atoms in total. The summed E-state index contributed by atoms with van der Waals surface area (Å²) < 4.78 is 4.63. The van der Waals surface area contributed by atoms with Gasteiger partial charge in [-0.25, -0.2) is 4.79 Å². The van der Waals surface area contributed by atoms with E-state index in [2.05, 4.69) is 4.74 Å². The van der Waals surface area contributed by atoms with Crippen LogP contribution in [0.3, 0.4) is 0 Å². The maximum absolute atomic E-state index is 11.2. The second-order valence-electron chi connectivity index (χ2n) is 3.62. The number of nitrogens with zero attached hydrogens (tertiary/aromatic N) is 1. The maximum atomic E-state index is 11.2. The van der Waals surface area contributed by atoms with E-state index < -0.39 is 17.0 Å². The fraction of sp³-hybridized carbons (Fsp3) is 0.364. The Morgan fingerprint density at radius 1 is 1.61 bits per heavy atom. The van der Waals surface area contributed by atoms with Gasteiger partial charge in [-0.1, -0.05) is 6.07 Å². The molecule has 1 aromatic carbocycles. The Morgan fingerprint density at radius 2 is 2.28 bits per heavy atom. The maximum Gasteiger partial charge on any atom is 0.335 e. The minimum atomic E-state index is -1.34. The summed E-state index contributed by atoms with van der Waals surface area (Å²) in [6.07, 6.45) is -1.40. The first-order valence-corrected chi connectivity index (χ1v) is 5.33. The molecule has 0 saturated carbocycles. The Balaban J connectivity index is 2.82. The summed E-state index contributed by atoms with van der Waals surface area (Å²) >= 11 is 0. The zero-order valence-electron chi connectivity index (χ0n) is 9.83. The van der Waals surface area contributed by atoms with Crippen LogP contribution in [0.4, 0.5) is 11.4 Å². The van der Waals surface area contributed by atoms with E-state index in [9.17, 15) is 20.0 Å². The Kier molecular flexibility index (Phi) is 4.61. The lowest BCUT2D eigenvalue weighted by Gasteiger charge is -2.09. The van der Waals surface area contributed by atoms with Crippen LogP contribution in [0.15, 0.2) is 18.2 Å². The number of rotatable bonds is 5. The van der Waals surface area contributed by atoms with Gasteiger partial charge in [-0.3, -0.25) is 10.1 Å². The smallest absolute Gasteiger partial charge is 0.335 e. The Bertz CT molecular complexity index is 461. The van der Waals surface area contributed by atoms with Crippen LogP contribution in [-0.4, -0.2) is 28.7 Å². The predicted octanol–water partition coefficient (Wildman–Crippen LogP) is 0.644. The van der Waals surface area contributed by atoms with Crippen molar-refractivity contribution in [3.05, 3.63) is 33.9 Å². The first kappa shape index (κ1) is 13.9. The van der Waals surface area contributed by atoms with Crippen LogP contribution in [0.25, 0.3) is 0 Å². The van der Waals surface area contributed by atoms with Crippen LogP contribution >= 0.6 is 0 Å². The minimum absolute atomic E-state index is 0.0365. The van der Waals surface area contributed by atoms with Crippen molar-refractivity contribution in [3.63, 3.8) is 0 Å². The number of carbonyl (C=O) groups is 1. The van der Waals surface area contributed by atoms with Crippen molar-refractivity contribution in [2.24, 2.45) is 0 Å². The largest absolute Gasteiger partial charge is 0.464 e. The molecule has 0 aromatic heterocycles. The molecule has 0 bridgehead atoms. The van der Waals surface area contributed by atoms with E-state index in [0.717, 1.165) is 0 Å². The molecular weight excluding hydrogens is 240 g/mol. The number of ether oxygens (including phenoxy) is 1. The molecule has 0 saturated heterocycles. The second-order valence-corrected chi connectivity index (χ2v) is 3.62. The SMILES string of the molecule is CCOC(=O)[C@H](O)Cc1ccc(N)c([N+](=O)[O-])c1. The van der Waals surface area contributed by atoms with Crippen molar-refractivity contribution in [1.29, 1.82) is 0 Å². The van der Waals surface area contributed by atoms with Gasteiger partial charge in [0.15, 0.2) is 6.10 Å². The highest BCUT2D eigenvalue weighted by molar-refractivity contribution is 5.75. The lowest BCUT2D eigenvalue weighted by Crippen LogP contribution is -2.25. The molecule has 0 spiro atoms. The molecule has 0 unspecified atom stereocenters. The predicted molar refractivity (Wildman–Crippen MR) is 63.9 cm³/mol. The van der Waals surface area contributed by atoms with E-state index in [1.807, 2.05) is 0 Å². The van der Waals surface area contributed by atoms with Gasteiger partial charge in [-0.2, -0.15) is 0 Å². The van der Waals surface area contributed by atoms with E-state index in [1.165, 1.54) is 18.2 Å². The van der Waals surface area contributed by atoms with Crippen molar-refractivity contribution >= 4 is 17.3 Å². The van der Waals surface area contributed by atoms with Crippen LogP contribution in [0, 0.1) is 10.1 Å². The molecule has 0 radical (unpaired) electrons. The molecule has 98 valence electrons. The quantitative estimate of drug-likeness (QED) is 0.345. The fourth-order valence-electron chi connectivity index (χ4n) is 1.42. The average Bonchev–Trinajstić information content (AvgIpc) is 2.31. The first-order chi connectivity index (χ1) is 8.45. The fourth-order valence-corrected chi connectivity index (χ4v) is 1.42. The second kappa shape index (κ2) is 5.97. The van der Waals surface area contributed by atoms with Gasteiger partial charge in [0.1, 0.15) is 5.69 Å². The number of aliphatic hydroxyl groups excluding tert-OH is 1. The third kappa shape index (κ3) is 3.42. The number of nitro benzene ring substituents is 1. The Hall–Kier alpha value is -2.15. The van der Waals surface area contributed by atoms with E-state index in [4.69, 9.17) is 5.73 Å². The summed E-state index contributed by atoms with van der Waals surface area (Å²) in [5.41, 5.74) is 5.66. The number of aliphatic hydroxyl groups is 1. The average molecular weight is 254 g/mol. The zero-order valence-corrected chi connectivity index (χ0v) is 9.83. The monoisotopic (exact) mass is 254 g/mol. The number of esters is 1. The number of hydrogen-bond donors (Lipinski definition) is 2. The van der Waals surface area contributed by atoms with E-state index in [-0.39, 0.29) is 24.4 Å². The molecule has 0 aliphatic heterocycles. The van der Waals surface area contributed by atoms with Gasteiger partial charge in [0.05, 0.1) is 11.5 Å². The number of hydrogen-bond acceptors (Lipinski definition) is 6. The van der Waals surface area contributed by atoms with Gasteiger partial charge < -0.3 is 15.6 Å². The number of anilines is 1. The summed E-state index contributed by atoms with van der Waals surface area (Å²) in [5, 5.41) is 20.2. The molecule has 0 aliphatic rings. The van der Waals surface area contributed by atoms with Gasteiger partial charge in [0.2, 0.25) is 0 Å². The lowest BCUT2D eigenvalue weighted by atomic mass is 10.1. The number of nitrogen functional groups attached to an aromatic ring is 1. The molecule has 1 aromatic rings. The molecule has 0 heterocycles. The molecular formula is C11H14N2O5. The number of carbonyl (C=O) groups excluding carboxylic acids is 1. The molecule has 7 heteroatoms. The van der Waals surface area contributed by atoms with E-state index in [0.29, 0.717) is 5.56 Å². The molecule has 1 rings (SSSR count). The van der Waals surface area contributed by atoms with Crippen LogP contribution < -0.4 is 5.73 Å². The summed E-state index contributed by atoms with van der Waals surface area (Å²) in [7, 11) is 0. The summed E-state index contributed by atoms with van der Waals surface area (Å²) in [5.74, 6) is -0.753. The normalized spacial score (nSPS) is 11.9. The molecule has 18 heavy (non-hydrogen) atoms. The third-order valence-electron chi connectivity index (χ3n) is 2.28. The first-order valence-electron chi connectivity index (χ1n) is 5.33. The van der Waals surface area contributed by atoms with Gasteiger partial charge in [0.25, 0.3) is 5.69 Å². The van der Waals surface area contributed by atoms with Gasteiger partial charge in [0, 0.05) is 12.5 Å². The van der Waals surface area contributed by atoms with E-state index >= 15 is 0 Å². The summed E-state index contributed by atoms with van der Waals surface area (Å²) in [4.78, 5) is 21.3. The lowest BCUT2D eigenvalue weighted by molar-refractivity contribution is -0.384. The number of nitro groups is 1. The van der Waals surface area contributed by atoms with Crippen molar-refractivity contribution in [2.45, 2.75) is 19.4 Å². The van der Waals surface area contributed by atoms with E-state index in [1.54, 1.807) is 6.92 Å². The number of nitrogens with two attached hydrogens (primary N) is 1. The Labute approximate surface area is 103 Å². The van der Waals surface area contributed by atoms with Crippen LogP contribution in [0.1, 0.15) is 12.5 Å². The zero-order chi connectivity index (χ0) is 13.7. The highest BCUT2D eigenvalue weighted by Crippen LogP contribution is 2.23. The summed E-state index contributed by atoms with van der Waals surface area (Å²) in [6, 6.07) is 4.12. The Morgan fingerprint density at radius 3 is 2.83 bits per heavy atom. The highest BCUT2D eigenvalue weighted by atomic mass is 16.6. The number of benzene rings is 1. The molecule has 0 amide bonds. The molecule has 0 fully saturated rings.